The number of benzene rings is 1. The van der Waals surface area contributed by atoms with Crippen LogP contribution in [0.4, 0.5) is 0 Å². The Kier molecular flexibility index (Phi) is 6.63. The van der Waals surface area contributed by atoms with Gasteiger partial charge in [0.25, 0.3) is 0 Å². The highest BCUT2D eigenvalue weighted by Gasteiger charge is 2.44. The van der Waals surface area contributed by atoms with Crippen LogP contribution in [0.25, 0.3) is 11.1 Å². The average molecular weight is 422 g/mol. The van der Waals surface area contributed by atoms with E-state index in [1.807, 2.05) is 42.3 Å². The third-order valence-electron chi connectivity index (χ3n) is 6.36. The lowest BCUT2D eigenvalue weighted by molar-refractivity contribution is -0.142. The minimum atomic E-state index is -0.645. The van der Waals surface area contributed by atoms with E-state index in [-0.39, 0.29) is 17.9 Å². The van der Waals surface area contributed by atoms with Crippen LogP contribution in [0.3, 0.4) is 0 Å². The molecule has 2 unspecified atom stereocenters. The summed E-state index contributed by atoms with van der Waals surface area (Å²) < 4.78 is 0. The molecule has 2 saturated heterocycles. The standard InChI is InChI=1S/C24H31N5O2/c1-2-26-23(31)24(11-6-14-29(17-24)22(30)21-10-13-27-28-21)15-18-7-3-4-9-20(18)19-8-5-12-25-16-19/h3-5,7-9,12,16,21,27-28H,2,6,10-11,13-15,17H2,1H3,(H,26,31). The number of pyridine rings is 1. The monoisotopic (exact) mass is 421 g/mol. The van der Waals surface area contributed by atoms with Gasteiger partial charge in [0.1, 0.15) is 6.04 Å². The van der Waals surface area contributed by atoms with Gasteiger partial charge in [-0.05, 0) is 49.8 Å². The SMILES string of the molecule is CCNC(=O)C1(Cc2ccccc2-c2cccnc2)CCCN(C(=O)C2CCNN2)C1. The van der Waals surface area contributed by atoms with Crippen molar-refractivity contribution >= 4 is 11.8 Å². The quantitative estimate of drug-likeness (QED) is 0.663. The van der Waals surface area contributed by atoms with Gasteiger partial charge in [-0.15, -0.1) is 0 Å². The molecule has 0 radical (unpaired) electrons. The molecule has 2 aliphatic rings. The van der Waals surface area contributed by atoms with Gasteiger partial charge in [0, 0.05) is 44.1 Å². The zero-order valence-corrected chi connectivity index (χ0v) is 18.1. The number of carbonyl (C=O) groups is 2. The van der Waals surface area contributed by atoms with E-state index >= 15 is 0 Å². The number of hydrogen-bond acceptors (Lipinski definition) is 5. The van der Waals surface area contributed by atoms with Crippen molar-refractivity contribution in [1.29, 1.82) is 0 Å². The first-order chi connectivity index (χ1) is 15.1. The molecular formula is C24H31N5O2. The maximum absolute atomic E-state index is 13.4. The average Bonchev–Trinajstić information content (AvgIpc) is 3.35. The fourth-order valence-electron chi connectivity index (χ4n) is 4.81. The summed E-state index contributed by atoms with van der Waals surface area (Å²) in [6.07, 6.45) is 6.56. The van der Waals surface area contributed by atoms with Crippen LogP contribution in [0.5, 0.6) is 0 Å². The van der Waals surface area contributed by atoms with Gasteiger partial charge >= 0.3 is 0 Å². The summed E-state index contributed by atoms with van der Waals surface area (Å²) in [6.45, 7) is 4.44. The summed E-state index contributed by atoms with van der Waals surface area (Å²) >= 11 is 0. The molecule has 2 atom stereocenters. The van der Waals surface area contributed by atoms with Crippen molar-refractivity contribution in [2.24, 2.45) is 5.41 Å². The van der Waals surface area contributed by atoms with E-state index in [0.717, 1.165) is 42.5 Å². The van der Waals surface area contributed by atoms with E-state index < -0.39 is 5.41 Å². The van der Waals surface area contributed by atoms with Gasteiger partial charge < -0.3 is 10.2 Å². The third-order valence-corrected chi connectivity index (χ3v) is 6.36. The number of rotatable bonds is 6. The van der Waals surface area contributed by atoms with Crippen LogP contribution in [0.2, 0.25) is 0 Å². The van der Waals surface area contributed by atoms with E-state index in [1.54, 1.807) is 6.20 Å². The normalized spacial score (nSPS) is 23.5. The van der Waals surface area contributed by atoms with Crippen LogP contribution in [0.15, 0.2) is 48.8 Å². The lowest BCUT2D eigenvalue weighted by atomic mass is 9.73. The molecule has 4 rings (SSSR count). The first-order valence-electron chi connectivity index (χ1n) is 11.2. The minimum absolute atomic E-state index is 0.0333. The molecule has 164 valence electrons. The smallest absolute Gasteiger partial charge is 0.241 e. The zero-order valence-electron chi connectivity index (χ0n) is 18.1. The molecule has 0 bridgehead atoms. The van der Waals surface area contributed by atoms with Crippen LogP contribution in [-0.2, 0) is 16.0 Å². The molecule has 7 heteroatoms. The molecule has 2 aromatic rings. The number of likely N-dealkylation sites (tertiary alicyclic amines) is 1. The maximum atomic E-state index is 13.4. The van der Waals surface area contributed by atoms with Crippen LogP contribution in [0.1, 0.15) is 31.7 Å². The summed E-state index contributed by atoms with van der Waals surface area (Å²) in [5.41, 5.74) is 8.69. The summed E-state index contributed by atoms with van der Waals surface area (Å²) in [5.74, 6) is 0.116. The van der Waals surface area contributed by atoms with Crippen molar-refractivity contribution in [3.63, 3.8) is 0 Å². The molecule has 2 amide bonds. The number of amides is 2. The zero-order chi connectivity index (χ0) is 21.7. The summed E-state index contributed by atoms with van der Waals surface area (Å²) in [4.78, 5) is 32.6. The summed E-state index contributed by atoms with van der Waals surface area (Å²) in [7, 11) is 0. The highest BCUT2D eigenvalue weighted by atomic mass is 16.2. The molecule has 0 saturated carbocycles. The second-order valence-corrected chi connectivity index (χ2v) is 8.49. The van der Waals surface area contributed by atoms with Gasteiger partial charge in [-0.1, -0.05) is 30.3 Å². The van der Waals surface area contributed by atoms with Crippen molar-refractivity contribution in [3.8, 4) is 11.1 Å². The van der Waals surface area contributed by atoms with Gasteiger partial charge in [0.15, 0.2) is 0 Å². The van der Waals surface area contributed by atoms with E-state index in [2.05, 4.69) is 33.3 Å². The minimum Gasteiger partial charge on any atom is -0.356 e. The van der Waals surface area contributed by atoms with Crippen LogP contribution >= 0.6 is 0 Å². The van der Waals surface area contributed by atoms with Crippen molar-refractivity contribution in [2.75, 3.05) is 26.2 Å². The van der Waals surface area contributed by atoms with Crippen molar-refractivity contribution in [2.45, 2.75) is 38.6 Å². The molecule has 7 nitrogen and oxygen atoms in total. The number of nitrogens with zero attached hydrogens (tertiary/aromatic N) is 2. The molecular weight excluding hydrogens is 390 g/mol. The van der Waals surface area contributed by atoms with Crippen LogP contribution in [0, 0.1) is 5.41 Å². The molecule has 0 aliphatic carbocycles. The second kappa shape index (κ2) is 9.58. The Morgan fingerprint density at radius 2 is 2.13 bits per heavy atom. The highest BCUT2D eigenvalue weighted by molar-refractivity contribution is 5.87. The molecule has 3 N–H and O–H groups in total. The number of hydrogen-bond donors (Lipinski definition) is 3. The number of aromatic nitrogens is 1. The van der Waals surface area contributed by atoms with Crippen LogP contribution < -0.4 is 16.2 Å². The van der Waals surface area contributed by atoms with Gasteiger partial charge in [-0.3, -0.25) is 20.0 Å². The van der Waals surface area contributed by atoms with E-state index in [9.17, 15) is 9.59 Å². The molecule has 0 spiro atoms. The molecule has 1 aromatic heterocycles. The lowest BCUT2D eigenvalue weighted by Gasteiger charge is -2.42. The van der Waals surface area contributed by atoms with E-state index in [0.29, 0.717) is 26.1 Å². The van der Waals surface area contributed by atoms with Gasteiger partial charge in [-0.25, -0.2) is 5.43 Å². The Morgan fingerprint density at radius 1 is 1.26 bits per heavy atom. The van der Waals surface area contributed by atoms with Crippen molar-refractivity contribution < 1.29 is 9.59 Å². The topological polar surface area (TPSA) is 86.4 Å². The van der Waals surface area contributed by atoms with Crippen LogP contribution in [-0.4, -0.2) is 53.9 Å². The molecule has 31 heavy (non-hydrogen) atoms. The number of carbonyl (C=O) groups excluding carboxylic acids is 2. The predicted molar refractivity (Wildman–Crippen MR) is 120 cm³/mol. The predicted octanol–water partition coefficient (Wildman–Crippen LogP) is 1.90. The fraction of sp³-hybridized carbons (Fsp3) is 0.458. The lowest BCUT2D eigenvalue weighted by Crippen LogP contribution is -2.57. The first kappa shape index (κ1) is 21.5. The third kappa shape index (κ3) is 4.62. The largest absolute Gasteiger partial charge is 0.356 e. The summed E-state index contributed by atoms with van der Waals surface area (Å²) in [5, 5.41) is 3.05. The Morgan fingerprint density at radius 3 is 2.87 bits per heavy atom. The van der Waals surface area contributed by atoms with Gasteiger partial charge in [0.05, 0.1) is 5.41 Å². The van der Waals surface area contributed by atoms with Crippen molar-refractivity contribution in [1.82, 2.24) is 26.1 Å². The number of nitrogens with one attached hydrogen (secondary N) is 3. The molecule has 2 fully saturated rings. The Hall–Kier alpha value is -2.77. The Labute approximate surface area is 183 Å². The summed E-state index contributed by atoms with van der Waals surface area (Å²) in [6, 6.07) is 12.0. The highest BCUT2D eigenvalue weighted by Crippen LogP contribution is 2.37. The van der Waals surface area contributed by atoms with Gasteiger partial charge in [0.2, 0.25) is 11.8 Å². The molecule has 3 heterocycles. The van der Waals surface area contributed by atoms with Gasteiger partial charge in [-0.2, -0.15) is 0 Å². The number of piperidine rings is 1. The molecule has 2 aliphatic heterocycles. The second-order valence-electron chi connectivity index (χ2n) is 8.49. The molecule has 1 aromatic carbocycles. The number of hydrazine groups is 1. The maximum Gasteiger partial charge on any atom is 0.241 e. The van der Waals surface area contributed by atoms with E-state index in [4.69, 9.17) is 0 Å². The fourth-order valence-corrected chi connectivity index (χ4v) is 4.81. The Bertz CT molecular complexity index is 913. The first-order valence-corrected chi connectivity index (χ1v) is 11.2. The Balaban J connectivity index is 1.65. The van der Waals surface area contributed by atoms with Crippen molar-refractivity contribution in [3.05, 3.63) is 54.4 Å². The van der Waals surface area contributed by atoms with E-state index in [1.165, 1.54) is 0 Å².